The minimum absolute atomic E-state index is 0.0564. The van der Waals surface area contributed by atoms with Crippen molar-refractivity contribution in [1.82, 2.24) is 39.9 Å². The minimum Gasteiger partial charge on any atom is -0.309 e. The Labute approximate surface area is 284 Å². The van der Waals surface area contributed by atoms with Gasteiger partial charge in [0.15, 0.2) is 23.3 Å². The summed E-state index contributed by atoms with van der Waals surface area (Å²) in [6, 6.07) is 10.2. The van der Waals surface area contributed by atoms with E-state index in [0.29, 0.717) is 51.1 Å². The average Bonchev–Trinajstić information content (AvgIpc) is 4.08. The van der Waals surface area contributed by atoms with Crippen molar-refractivity contribution < 1.29 is 18.4 Å². The van der Waals surface area contributed by atoms with Crippen LogP contribution in [0.4, 0.5) is 20.4 Å². The fraction of sp³-hybridized carbons (Fsp3) is 0.167. The largest absolute Gasteiger partial charge is 0.309 e. The lowest BCUT2D eigenvalue weighted by Gasteiger charge is -2.11. The second kappa shape index (κ2) is 14.4. The maximum absolute atomic E-state index is 14.2. The van der Waals surface area contributed by atoms with Crippen molar-refractivity contribution in [2.45, 2.75) is 25.7 Å². The van der Waals surface area contributed by atoms with Gasteiger partial charge >= 0.3 is 0 Å². The van der Waals surface area contributed by atoms with Gasteiger partial charge in [0.25, 0.3) is 0 Å². The van der Waals surface area contributed by atoms with Gasteiger partial charge in [0, 0.05) is 71.3 Å². The number of hydrogen-bond acceptors (Lipinski definition) is 10. The molecule has 2 amide bonds. The maximum atomic E-state index is 14.2. The first-order chi connectivity index (χ1) is 24.4. The third-order valence-corrected chi connectivity index (χ3v) is 7.89. The van der Waals surface area contributed by atoms with Gasteiger partial charge in [-0.3, -0.25) is 29.5 Å². The Bertz CT molecular complexity index is 2010. The number of anilines is 2. The lowest BCUT2D eigenvalue weighted by Crippen LogP contribution is -2.15. The van der Waals surface area contributed by atoms with Crippen LogP contribution in [0.25, 0.3) is 45.0 Å². The van der Waals surface area contributed by atoms with E-state index in [1.807, 2.05) is 6.07 Å². The molecule has 6 aromatic rings. The van der Waals surface area contributed by atoms with Crippen LogP contribution < -0.4 is 10.6 Å². The van der Waals surface area contributed by atoms with Gasteiger partial charge in [-0.15, -0.1) is 0 Å². The van der Waals surface area contributed by atoms with Crippen LogP contribution in [0.2, 0.25) is 0 Å². The first kappa shape index (κ1) is 32.1. The van der Waals surface area contributed by atoms with E-state index < -0.39 is 11.6 Å². The van der Waals surface area contributed by atoms with Gasteiger partial charge in [-0.05, 0) is 62.1 Å². The molecular weight excluding hydrogens is 642 g/mol. The minimum atomic E-state index is -0.489. The number of nitrogens with zero attached hydrogens (tertiary/aromatic N) is 8. The molecular formula is C36H28F2N10O2. The molecule has 0 bridgehead atoms. The van der Waals surface area contributed by atoms with E-state index in [2.05, 4.69) is 50.5 Å². The fourth-order valence-electron chi connectivity index (χ4n) is 4.99. The van der Waals surface area contributed by atoms with Crippen molar-refractivity contribution >= 4 is 23.5 Å². The van der Waals surface area contributed by atoms with Gasteiger partial charge in [0.2, 0.25) is 11.8 Å². The summed E-state index contributed by atoms with van der Waals surface area (Å²) in [6.07, 6.45) is 18.3. The van der Waals surface area contributed by atoms with Crippen LogP contribution in [0.1, 0.15) is 25.7 Å². The molecule has 2 N–H and O–H groups in total. The summed E-state index contributed by atoms with van der Waals surface area (Å²) in [5.41, 5.74) is 3.69. The van der Waals surface area contributed by atoms with E-state index in [-0.39, 0.29) is 23.7 Å². The molecule has 0 spiro atoms. The lowest BCUT2D eigenvalue weighted by molar-refractivity contribution is -0.118. The van der Waals surface area contributed by atoms with E-state index in [9.17, 15) is 18.4 Å². The summed E-state index contributed by atoms with van der Waals surface area (Å²) in [7, 11) is 0. The number of carbonyl (C=O) groups is 2. The average molecular weight is 671 g/mol. The zero-order valence-corrected chi connectivity index (χ0v) is 26.4. The van der Waals surface area contributed by atoms with Crippen molar-refractivity contribution in [3.05, 3.63) is 110 Å². The third kappa shape index (κ3) is 7.49. The summed E-state index contributed by atoms with van der Waals surface area (Å²) in [4.78, 5) is 57.2. The second-order valence-corrected chi connectivity index (χ2v) is 11.6. The van der Waals surface area contributed by atoms with Crippen LogP contribution in [0.3, 0.4) is 0 Å². The summed E-state index contributed by atoms with van der Waals surface area (Å²) < 4.78 is 28.4. The number of amides is 2. The molecule has 6 heterocycles. The first-order valence-corrected chi connectivity index (χ1v) is 15.8. The fourth-order valence-corrected chi connectivity index (χ4v) is 4.99. The third-order valence-electron chi connectivity index (χ3n) is 7.89. The van der Waals surface area contributed by atoms with Gasteiger partial charge in [0.1, 0.15) is 5.69 Å². The number of hydrogen-bond donors (Lipinski definition) is 2. The standard InChI is InChI=1S/2C18H14FN5O/c19-14-9-21-8-5-13(14)17-16(11-3-6-20-7-4-11)23-15(10-22-17)24-18(25)12-1-2-12;19-14-9-21-7-5-13(14)17-16(12-2-1-6-20-8-12)23-15(10-22-17)24-18(25)11-3-4-11/h3-10,12H,1-2H2,(H,23,24,25);1-2,5-11H,3-4H2,(H,23,24,25). The number of aromatic nitrogens is 8. The molecule has 0 atom stereocenters. The van der Waals surface area contributed by atoms with E-state index in [1.165, 1.54) is 24.8 Å². The number of carbonyl (C=O) groups excluding carboxylic acids is 2. The van der Waals surface area contributed by atoms with Crippen molar-refractivity contribution in [2.75, 3.05) is 10.6 Å². The topological polar surface area (TPSA) is 161 Å². The Balaban J connectivity index is 0.000000157. The van der Waals surface area contributed by atoms with E-state index in [0.717, 1.165) is 43.6 Å². The monoisotopic (exact) mass is 670 g/mol. The number of nitrogens with one attached hydrogen (secondary N) is 2. The van der Waals surface area contributed by atoms with E-state index in [4.69, 9.17) is 0 Å². The van der Waals surface area contributed by atoms with Crippen molar-refractivity contribution in [2.24, 2.45) is 11.8 Å². The normalized spacial score (nSPS) is 13.5. The predicted molar refractivity (Wildman–Crippen MR) is 180 cm³/mol. The zero-order chi connectivity index (χ0) is 34.5. The number of rotatable bonds is 8. The van der Waals surface area contributed by atoms with Gasteiger partial charge in [-0.2, -0.15) is 0 Å². The molecule has 2 aliphatic carbocycles. The number of pyridine rings is 4. The SMILES string of the molecule is O=C(Nc1cnc(-c2ccncc2F)c(-c2cccnc2)n1)C1CC1.O=C(Nc1cnc(-c2ccncc2F)c(-c2ccncc2)n1)C1CC1. The summed E-state index contributed by atoms with van der Waals surface area (Å²) >= 11 is 0. The molecule has 0 saturated heterocycles. The molecule has 2 aliphatic rings. The highest BCUT2D eigenvalue weighted by molar-refractivity contribution is 5.94. The Hall–Kier alpha value is -6.44. The molecule has 0 radical (unpaired) electrons. The smallest absolute Gasteiger partial charge is 0.228 e. The van der Waals surface area contributed by atoms with Crippen LogP contribution in [0.5, 0.6) is 0 Å². The molecule has 12 nitrogen and oxygen atoms in total. The number of halogens is 2. The molecule has 2 fully saturated rings. The molecule has 0 aromatic carbocycles. The summed E-state index contributed by atoms with van der Waals surface area (Å²) in [6.45, 7) is 0. The van der Waals surface area contributed by atoms with Gasteiger partial charge in [-0.25, -0.2) is 28.7 Å². The molecule has 8 rings (SSSR count). The van der Waals surface area contributed by atoms with Crippen LogP contribution in [-0.2, 0) is 9.59 Å². The highest BCUT2D eigenvalue weighted by Crippen LogP contribution is 2.34. The predicted octanol–water partition coefficient (Wildman–Crippen LogP) is 6.18. The molecule has 248 valence electrons. The summed E-state index contributed by atoms with van der Waals surface area (Å²) in [5, 5.41) is 5.54. The van der Waals surface area contributed by atoms with Gasteiger partial charge in [0.05, 0.1) is 41.9 Å². The second-order valence-electron chi connectivity index (χ2n) is 11.6. The van der Waals surface area contributed by atoms with Gasteiger partial charge in [-0.1, -0.05) is 0 Å². The first-order valence-electron chi connectivity index (χ1n) is 15.8. The molecule has 0 unspecified atom stereocenters. The lowest BCUT2D eigenvalue weighted by atomic mass is 10.1. The molecule has 14 heteroatoms. The highest BCUT2D eigenvalue weighted by Gasteiger charge is 2.31. The van der Waals surface area contributed by atoms with Crippen LogP contribution in [0, 0.1) is 23.5 Å². The van der Waals surface area contributed by atoms with Crippen molar-refractivity contribution in [3.8, 4) is 45.0 Å². The summed E-state index contributed by atoms with van der Waals surface area (Å²) in [5.74, 6) is -0.286. The molecule has 2 saturated carbocycles. The van der Waals surface area contributed by atoms with Crippen LogP contribution in [-0.4, -0.2) is 51.7 Å². The Morgan fingerprint density at radius 1 is 0.540 bits per heavy atom. The van der Waals surface area contributed by atoms with Crippen LogP contribution in [0.15, 0.2) is 98.4 Å². The highest BCUT2D eigenvalue weighted by atomic mass is 19.1. The quantitative estimate of drug-likeness (QED) is 0.191. The van der Waals surface area contributed by atoms with Crippen LogP contribution >= 0.6 is 0 Å². The van der Waals surface area contributed by atoms with Crippen molar-refractivity contribution in [3.63, 3.8) is 0 Å². The van der Waals surface area contributed by atoms with E-state index >= 15 is 0 Å². The molecule has 0 aliphatic heterocycles. The molecule has 50 heavy (non-hydrogen) atoms. The van der Waals surface area contributed by atoms with E-state index in [1.54, 1.807) is 55.1 Å². The van der Waals surface area contributed by atoms with Gasteiger partial charge < -0.3 is 10.6 Å². The zero-order valence-electron chi connectivity index (χ0n) is 26.4. The van der Waals surface area contributed by atoms with Crippen molar-refractivity contribution in [1.29, 1.82) is 0 Å². The Morgan fingerprint density at radius 3 is 1.48 bits per heavy atom. The Morgan fingerprint density at radius 2 is 1.02 bits per heavy atom. The maximum Gasteiger partial charge on any atom is 0.228 e. The Kier molecular flexibility index (Phi) is 9.22. The molecule has 6 aromatic heterocycles.